The van der Waals surface area contributed by atoms with Crippen molar-refractivity contribution in [1.29, 1.82) is 0 Å². The molecule has 1 saturated heterocycles. The standard InChI is InChI=1S/C25H29Cl2N3O3S/c1-3-4-5-6-7-12-30-23(31)16-22(24(32)28-20-14-17(26)13-18(27)15-20)34-25(30)29-19-8-10-21(33-2)11-9-19/h8-11,13-15,22H,3-7,12,16H2,1-2H3,(H,28,32). The maximum absolute atomic E-state index is 13.1. The molecule has 1 unspecified atom stereocenters. The lowest BCUT2D eigenvalue weighted by molar-refractivity contribution is -0.129. The van der Waals surface area contributed by atoms with E-state index < -0.39 is 5.25 Å². The molecule has 1 aliphatic heterocycles. The number of aliphatic imine (C=N–C) groups is 1. The number of unbranched alkanes of at least 4 members (excludes halogenated alkanes) is 4. The van der Waals surface area contributed by atoms with Crippen molar-refractivity contribution in [3.8, 4) is 5.75 Å². The Balaban J connectivity index is 1.77. The number of rotatable bonds is 10. The molecule has 6 nitrogen and oxygen atoms in total. The predicted octanol–water partition coefficient (Wildman–Crippen LogP) is 6.93. The fourth-order valence-corrected chi connectivity index (χ4v) is 5.20. The van der Waals surface area contributed by atoms with Crippen molar-refractivity contribution in [3.63, 3.8) is 0 Å². The second kappa shape index (κ2) is 13.0. The predicted molar refractivity (Wildman–Crippen MR) is 142 cm³/mol. The molecule has 1 heterocycles. The first-order valence-electron chi connectivity index (χ1n) is 11.4. The molecule has 1 N–H and O–H groups in total. The first-order valence-corrected chi connectivity index (χ1v) is 13.0. The SMILES string of the molecule is CCCCCCCN1C(=O)CC(C(=O)Nc2cc(Cl)cc(Cl)c2)SC1=Nc1ccc(OC)cc1. The van der Waals surface area contributed by atoms with E-state index in [9.17, 15) is 9.59 Å². The largest absolute Gasteiger partial charge is 0.497 e. The minimum Gasteiger partial charge on any atom is -0.497 e. The van der Waals surface area contributed by atoms with Gasteiger partial charge >= 0.3 is 0 Å². The summed E-state index contributed by atoms with van der Waals surface area (Å²) in [6.45, 7) is 2.76. The molecule has 0 aromatic heterocycles. The van der Waals surface area contributed by atoms with Crippen molar-refractivity contribution < 1.29 is 14.3 Å². The van der Waals surface area contributed by atoms with E-state index in [1.165, 1.54) is 18.2 Å². The fraction of sp³-hybridized carbons (Fsp3) is 0.400. The quantitative estimate of drug-likeness (QED) is 0.344. The lowest BCUT2D eigenvalue weighted by atomic mass is 10.1. The van der Waals surface area contributed by atoms with Crippen LogP contribution in [0.2, 0.25) is 10.0 Å². The van der Waals surface area contributed by atoms with Crippen molar-refractivity contribution in [2.45, 2.75) is 50.7 Å². The number of hydrogen-bond acceptors (Lipinski definition) is 5. The van der Waals surface area contributed by atoms with Gasteiger partial charge in [-0.3, -0.25) is 14.5 Å². The van der Waals surface area contributed by atoms with E-state index >= 15 is 0 Å². The number of methoxy groups -OCH3 is 1. The van der Waals surface area contributed by atoms with Gasteiger partial charge in [0.25, 0.3) is 0 Å². The van der Waals surface area contributed by atoms with Crippen LogP contribution < -0.4 is 10.1 Å². The molecule has 2 aromatic rings. The first-order chi connectivity index (χ1) is 16.4. The Kier molecular flexibility index (Phi) is 10.1. The Hall–Kier alpha value is -2.22. The summed E-state index contributed by atoms with van der Waals surface area (Å²) in [7, 11) is 1.60. The smallest absolute Gasteiger partial charge is 0.238 e. The van der Waals surface area contributed by atoms with Crippen molar-refractivity contribution in [2.24, 2.45) is 4.99 Å². The summed E-state index contributed by atoms with van der Waals surface area (Å²) in [5, 5.41) is 3.58. The van der Waals surface area contributed by atoms with Crippen LogP contribution in [0.1, 0.15) is 45.4 Å². The Morgan fingerprint density at radius 2 is 1.79 bits per heavy atom. The summed E-state index contributed by atoms with van der Waals surface area (Å²) in [4.78, 5) is 32.5. The van der Waals surface area contributed by atoms with Crippen LogP contribution in [0, 0.1) is 0 Å². The number of nitrogens with zero attached hydrogens (tertiary/aromatic N) is 2. The van der Waals surface area contributed by atoms with E-state index in [-0.39, 0.29) is 18.2 Å². The van der Waals surface area contributed by atoms with E-state index in [0.717, 1.165) is 31.4 Å². The lowest BCUT2D eigenvalue weighted by Crippen LogP contribution is -2.45. The number of halogens is 2. The summed E-state index contributed by atoms with van der Waals surface area (Å²) in [5.74, 6) is 0.328. The molecule has 2 aromatic carbocycles. The van der Waals surface area contributed by atoms with E-state index in [1.54, 1.807) is 30.2 Å². The number of ether oxygens (including phenoxy) is 1. The highest BCUT2D eigenvalue weighted by molar-refractivity contribution is 8.15. The molecular weight excluding hydrogens is 493 g/mol. The van der Waals surface area contributed by atoms with Crippen LogP contribution in [0.5, 0.6) is 5.75 Å². The van der Waals surface area contributed by atoms with E-state index in [0.29, 0.717) is 33.1 Å². The Bertz CT molecular complexity index is 1010. The van der Waals surface area contributed by atoms with Crippen molar-refractivity contribution in [3.05, 3.63) is 52.5 Å². The van der Waals surface area contributed by atoms with Crippen LogP contribution in [0.4, 0.5) is 11.4 Å². The molecule has 3 rings (SSSR count). The van der Waals surface area contributed by atoms with E-state index in [4.69, 9.17) is 32.9 Å². The van der Waals surface area contributed by atoms with Gasteiger partial charge in [0.15, 0.2) is 5.17 Å². The molecule has 1 fully saturated rings. The van der Waals surface area contributed by atoms with E-state index in [2.05, 4.69) is 12.2 Å². The minimum atomic E-state index is -0.612. The summed E-state index contributed by atoms with van der Waals surface area (Å²) in [6.07, 6.45) is 5.54. The average molecular weight is 522 g/mol. The highest BCUT2D eigenvalue weighted by Gasteiger charge is 2.35. The molecule has 182 valence electrons. The van der Waals surface area contributed by atoms with Gasteiger partial charge in [0.2, 0.25) is 11.8 Å². The Morgan fingerprint density at radius 1 is 1.12 bits per heavy atom. The van der Waals surface area contributed by atoms with Gasteiger partial charge < -0.3 is 10.1 Å². The van der Waals surface area contributed by atoms with Gasteiger partial charge in [0.05, 0.1) is 12.8 Å². The minimum absolute atomic E-state index is 0.0986. The fourth-order valence-electron chi connectivity index (χ4n) is 3.55. The van der Waals surface area contributed by atoms with Crippen molar-refractivity contribution in [1.82, 2.24) is 4.90 Å². The number of carbonyl (C=O) groups is 2. The molecule has 0 aliphatic carbocycles. The van der Waals surface area contributed by atoms with Crippen LogP contribution in [-0.4, -0.2) is 40.8 Å². The maximum Gasteiger partial charge on any atom is 0.238 e. The summed E-state index contributed by atoms with van der Waals surface area (Å²) >= 11 is 13.4. The molecule has 1 atom stereocenters. The Labute approximate surface area is 215 Å². The van der Waals surface area contributed by atoms with Gasteiger partial charge in [-0.15, -0.1) is 0 Å². The van der Waals surface area contributed by atoms with Crippen LogP contribution in [0.3, 0.4) is 0 Å². The second-order valence-electron chi connectivity index (χ2n) is 8.01. The van der Waals surface area contributed by atoms with Gasteiger partial charge in [-0.05, 0) is 48.9 Å². The third-order valence-electron chi connectivity index (χ3n) is 5.34. The van der Waals surface area contributed by atoms with Crippen LogP contribution >= 0.6 is 35.0 Å². The number of amides is 2. The summed E-state index contributed by atoms with van der Waals surface area (Å²) < 4.78 is 5.21. The second-order valence-corrected chi connectivity index (χ2v) is 10.1. The Morgan fingerprint density at radius 3 is 2.44 bits per heavy atom. The highest BCUT2D eigenvalue weighted by atomic mass is 35.5. The van der Waals surface area contributed by atoms with Gasteiger partial charge in [-0.1, -0.05) is 67.6 Å². The van der Waals surface area contributed by atoms with Crippen LogP contribution in [0.15, 0.2) is 47.5 Å². The normalized spacial score (nSPS) is 17.2. The van der Waals surface area contributed by atoms with Crippen LogP contribution in [0.25, 0.3) is 0 Å². The zero-order chi connectivity index (χ0) is 24.5. The van der Waals surface area contributed by atoms with Gasteiger partial charge in [0, 0.05) is 28.7 Å². The number of anilines is 1. The molecule has 0 saturated carbocycles. The lowest BCUT2D eigenvalue weighted by Gasteiger charge is -2.32. The number of nitrogens with one attached hydrogen (secondary N) is 1. The zero-order valence-electron chi connectivity index (χ0n) is 19.4. The van der Waals surface area contributed by atoms with Crippen LogP contribution in [-0.2, 0) is 9.59 Å². The molecule has 1 aliphatic rings. The number of thioether (sulfide) groups is 1. The zero-order valence-corrected chi connectivity index (χ0v) is 21.7. The summed E-state index contributed by atoms with van der Waals surface area (Å²) in [5.41, 5.74) is 1.18. The highest BCUT2D eigenvalue weighted by Crippen LogP contribution is 2.31. The molecule has 34 heavy (non-hydrogen) atoms. The van der Waals surface area contributed by atoms with Gasteiger partial charge in [0.1, 0.15) is 11.0 Å². The average Bonchev–Trinajstić information content (AvgIpc) is 2.80. The molecule has 2 amide bonds. The third-order valence-corrected chi connectivity index (χ3v) is 6.97. The third kappa shape index (κ3) is 7.65. The summed E-state index contributed by atoms with van der Waals surface area (Å²) in [6, 6.07) is 12.1. The number of amidine groups is 1. The monoisotopic (exact) mass is 521 g/mol. The molecular formula is C25H29Cl2N3O3S. The molecule has 0 spiro atoms. The van der Waals surface area contributed by atoms with Gasteiger partial charge in [-0.25, -0.2) is 4.99 Å². The van der Waals surface area contributed by atoms with E-state index in [1.807, 2.05) is 24.3 Å². The molecule has 0 radical (unpaired) electrons. The number of benzene rings is 2. The van der Waals surface area contributed by atoms with Crippen molar-refractivity contribution in [2.75, 3.05) is 19.0 Å². The molecule has 9 heteroatoms. The topological polar surface area (TPSA) is 71.0 Å². The first kappa shape index (κ1) is 26.4. The maximum atomic E-state index is 13.1. The number of carbonyl (C=O) groups excluding carboxylic acids is 2. The van der Waals surface area contributed by atoms with Crippen molar-refractivity contribution >= 4 is 63.3 Å². The number of hydrogen-bond donors (Lipinski definition) is 1. The molecule has 0 bridgehead atoms. The van der Waals surface area contributed by atoms with Gasteiger partial charge in [-0.2, -0.15) is 0 Å².